The van der Waals surface area contributed by atoms with Crippen molar-refractivity contribution in [3.63, 3.8) is 0 Å². The molecule has 3 N–H and O–H groups in total. The summed E-state index contributed by atoms with van der Waals surface area (Å²) < 4.78 is 8.35. The molecule has 10 nitrogen and oxygen atoms in total. The van der Waals surface area contributed by atoms with Crippen molar-refractivity contribution >= 4 is 29.2 Å². The number of anilines is 2. The van der Waals surface area contributed by atoms with Gasteiger partial charge in [0.05, 0.1) is 24.7 Å². The molecule has 0 fully saturated rings. The van der Waals surface area contributed by atoms with Crippen molar-refractivity contribution in [2.24, 2.45) is 7.05 Å². The van der Waals surface area contributed by atoms with E-state index in [9.17, 15) is 0 Å². The molecule has 0 aliphatic heterocycles. The molecule has 0 bridgehead atoms. The lowest BCUT2D eigenvalue weighted by atomic mass is 10.2. The van der Waals surface area contributed by atoms with Gasteiger partial charge in [-0.2, -0.15) is 5.10 Å². The summed E-state index contributed by atoms with van der Waals surface area (Å²) in [5.74, 6) is 1.93. The van der Waals surface area contributed by atoms with Gasteiger partial charge in [-0.1, -0.05) is 11.6 Å². The lowest BCUT2D eigenvalue weighted by Gasteiger charge is -2.11. The van der Waals surface area contributed by atoms with E-state index in [-0.39, 0.29) is 22.9 Å². The van der Waals surface area contributed by atoms with Gasteiger partial charge in [0, 0.05) is 49.6 Å². The van der Waals surface area contributed by atoms with E-state index in [0.717, 1.165) is 11.4 Å². The zero-order valence-corrected chi connectivity index (χ0v) is 18.1. The molecule has 0 saturated carbocycles. The lowest BCUT2D eigenvalue weighted by molar-refractivity contribution is 0.413. The number of nitrogens with one attached hydrogen (secondary N) is 3. The van der Waals surface area contributed by atoms with Crippen molar-refractivity contribution in [3.8, 4) is 17.0 Å². The summed E-state index contributed by atoms with van der Waals surface area (Å²) >= 11 is 6.02. The zero-order valence-electron chi connectivity index (χ0n) is 17.4. The normalized spacial score (nSPS) is 10.7. The van der Waals surface area contributed by atoms with E-state index in [1.807, 2.05) is 13.1 Å². The van der Waals surface area contributed by atoms with Crippen molar-refractivity contribution < 1.29 is 4.74 Å². The summed E-state index contributed by atoms with van der Waals surface area (Å²) in [6.07, 6.45) is 5.18. The molecule has 0 amide bonds. The fourth-order valence-corrected chi connectivity index (χ4v) is 3.29. The second-order valence-corrected chi connectivity index (χ2v) is 7.23. The van der Waals surface area contributed by atoms with Crippen LogP contribution in [0.4, 0.5) is 11.8 Å². The highest BCUT2D eigenvalue weighted by Gasteiger charge is 2.10. The maximum Gasteiger partial charge on any atom is 0.228 e. The summed E-state index contributed by atoms with van der Waals surface area (Å²) in [7, 11) is 3.36. The molecule has 0 radical (unpaired) electrons. The maximum atomic E-state index is 8.42. The van der Waals surface area contributed by atoms with Crippen molar-refractivity contribution in [3.05, 3.63) is 71.3 Å². The number of rotatable bonds is 6. The van der Waals surface area contributed by atoms with E-state index in [1.54, 1.807) is 60.7 Å². The first-order valence-corrected chi connectivity index (χ1v) is 9.95. The Morgan fingerprint density at radius 2 is 2.00 bits per heavy atom. The largest absolute Gasteiger partial charge is 0.497 e. The van der Waals surface area contributed by atoms with Crippen LogP contribution in [0, 0.1) is 10.8 Å². The minimum atomic E-state index is 0.140. The molecule has 0 saturated heterocycles. The topological polar surface area (TPSA) is 130 Å². The van der Waals surface area contributed by atoms with Crippen LogP contribution >= 0.6 is 11.6 Å². The smallest absolute Gasteiger partial charge is 0.228 e. The molecule has 0 unspecified atom stereocenters. The predicted molar refractivity (Wildman–Crippen MR) is 120 cm³/mol. The number of aryl methyl sites for hydroxylation is 1. The standard InChI is InChI=1S/C21H20ClN9O/c1-30-20(4-7-26-30)29-21-25-6-3-16(28-21)13-5-8-31(18(23)9-13)19(24)11-14-10-15(32-2)12-17(22)27-14/h3-10,12,23-24H,11H2,1-2H3,(H,25,28,29). The van der Waals surface area contributed by atoms with Crippen LogP contribution in [0.25, 0.3) is 11.3 Å². The van der Waals surface area contributed by atoms with E-state index in [2.05, 4.69) is 25.4 Å². The number of hydrogen-bond acceptors (Lipinski definition) is 8. The Morgan fingerprint density at radius 1 is 1.16 bits per heavy atom. The number of aromatic nitrogens is 6. The van der Waals surface area contributed by atoms with Gasteiger partial charge >= 0.3 is 0 Å². The van der Waals surface area contributed by atoms with E-state index in [1.165, 1.54) is 4.57 Å². The van der Waals surface area contributed by atoms with Crippen LogP contribution in [0.2, 0.25) is 5.15 Å². The van der Waals surface area contributed by atoms with Crippen LogP contribution in [0.15, 0.2) is 55.0 Å². The van der Waals surface area contributed by atoms with Crippen molar-refractivity contribution in [2.75, 3.05) is 12.4 Å². The molecule has 4 aromatic rings. The third kappa shape index (κ3) is 4.65. The van der Waals surface area contributed by atoms with Crippen molar-refractivity contribution in [1.29, 1.82) is 10.8 Å². The predicted octanol–water partition coefficient (Wildman–Crippen LogP) is 3.03. The monoisotopic (exact) mass is 449 g/mol. The number of ether oxygens (including phenoxy) is 1. The van der Waals surface area contributed by atoms with Crippen LogP contribution in [0.3, 0.4) is 0 Å². The molecule has 32 heavy (non-hydrogen) atoms. The van der Waals surface area contributed by atoms with Gasteiger partial charge in [0.2, 0.25) is 5.95 Å². The van der Waals surface area contributed by atoms with Crippen LogP contribution in [-0.2, 0) is 13.5 Å². The third-order valence-corrected chi connectivity index (χ3v) is 4.86. The first-order chi connectivity index (χ1) is 15.4. The molecule has 0 aliphatic rings. The Morgan fingerprint density at radius 3 is 2.72 bits per heavy atom. The van der Waals surface area contributed by atoms with Gasteiger partial charge in [-0.05, 0) is 18.2 Å². The highest BCUT2D eigenvalue weighted by Crippen LogP contribution is 2.19. The van der Waals surface area contributed by atoms with Crippen molar-refractivity contribution in [1.82, 2.24) is 29.3 Å². The highest BCUT2D eigenvalue weighted by atomic mass is 35.5. The van der Waals surface area contributed by atoms with Crippen molar-refractivity contribution in [2.45, 2.75) is 6.42 Å². The van der Waals surface area contributed by atoms with Crippen LogP contribution in [-0.4, -0.2) is 42.2 Å². The SMILES string of the molecule is COc1cc(Cl)nc(CC(=N)n2ccc(-c3ccnc(Nc4ccnn4C)n3)cc2=N)c1. The molecule has 11 heteroatoms. The first-order valence-electron chi connectivity index (χ1n) is 9.57. The molecular formula is C21H20ClN9O. The number of halogens is 1. The van der Waals surface area contributed by atoms with Crippen LogP contribution < -0.4 is 15.5 Å². The number of pyridine rings is 2. The zero-order chi connectivity index (χ0) is 22.7. The quantitative estimate of drug-likeness (QED) is 0.235. The Hall–Kier alpha value is -4.05. The molecule has 0 atom stereocenters. The Balaban J connectivity index is 1.55. The van der Waals surface area contributed by atoms with Gasteiger partial charge in [-0.15, -0.1) is 0 Å². The number of methoxy groups -OCH3 is 1. The summed E-state index contributed by atoms with van der Waals surface area (Å²) in [5.41, 5.74) is 2.11. The highest BCUT2D eigenvalue weighted by molar-refractivity contribution is 6.29. The molecule has 162 valence electrons. The molecular weight excluding hydrogens is 430 g/mol. The lowest BCUT2D eigenvalue weighted by Crippen LogP contribution is -2.27. The molecule has 4 rings (SSSR count). The fourth-order valence-electron chi connectivity index (χ4n) is 3.08. The Kier molecular flexibility index (Phi) is 5.95. The van der Waals surface area contributed by atoms with E-state index < -0.39 is 0 Å². The van der Waals surface area contributed by atoms with Crippen LogP contribution in [0.1, 0.15) is 5.69 Å². The Bertz CT molecular complexity index is 1350. The summed E-state index contributed by atoms with van der Waals surface area (Å²) in [6, 6.07) is 10.4. The van der Waals surface area contributed by atoms with Gasteiger partial charge in [0.1, 0.15) is 28.0 Å². The van der Waals surface area contributed by atoms with Gasteiger partial charge in [0.25, 0.3) is 0 Å². The van der Waals surface area contributed by atoms with E-state index in [0.29, 0.717) is 23.1 Å². The minimum absolute atomic E-state index is 0.140. The molecule has 0 spiro atoms. The summed E-state index contributed by atoms with van der Waals surface area (Å²) in [6.45, 7) is 0. The van der Waals surface area contributed by atoms with Gasteiger partial charge < -0.3 is 10.1 Å². The number of nitrogens with zero attached hydrogens (tertiary/aromatic N) is 6. The van der Waals surface area contributed by atoms with Gasteiger partial charge in [-0.25, -0.2) is 15.0 Å². The maximum absolute atomic E-state index is 8.42. The summed E-state index contributed by atoms with van der Waals surface area (Å²) in [4.78, 5) is 13.0. The first kappa shape index (κ1) is 21.2. The second kappa shape index (κ2) is 8.98. The molecule has 0 aromatic carbocycles. The Labute approximate surface area is 188 Å². The fraction of sp³-hybridized carbons (Fsp3) is 0.143. The minimum Gasteiger partial charge on any atom is -0.497 e. The third-order valence-electron chi connectivity index (χ3n) is 4.66. The molecule has 4 heterocycles. The van der Waals surface area contributed by atoms with Crippen LogP contribution in [0.5, 0.6) is 5.75 Å². The van der Waals surface area contributed by atoms with Gasteiger partial charge in [0.15, 0.2) is 0 Å². The van der Waals surface area contributed by atoms with Gasteiger partial charge in [-0.3, -0.25) is 20.1 Å². The summed E-state index contributed by atoms with van der Waals surface area (Å²) in [5, 5.41) is 24.3. The molecule has 4 aromatic heterocycles. The van der Waals surface area contributed by atoms with E-state index >= 15 is 0 Å². The average molecular weight is 450 g/mol. The molecule has 0 aliphatic carbocycles. The van der Waals surface area contributed by atoms with E-state index in [4.69, 9.17) is 27.2 Å². The number of hydrogen-bond donors (Lipinski definition) is 3. The average Bonchev–Trinajstić information content (AvgIpc) is 3.17. The second-order valence-electron chi connectivity index (χ2n) is 6.85.